The zero-order valence-corrected chi connectivity index (χ0v) is 36.6. The Balaban J connectivity index is 4.02. The molecule has 0 amide bonds. The third kappa shape index (κ3) is 41.6. The van der Waals surface area contributed by atoms with E-state index < -0.39 is 13.9 Å². The first-order valence-corrected chi connectivity index (χ1v) is 23.3. The summed E-state index contributed by atoms with van der Waals surface area (Å²) in [6, 6.07) is 0. The number of esters is 1. The summed E-state index contributed by atoms with van der Waals surface area (Å²) < 4.78 is 34.4. The van der Waals surface area contributed by atoms with Crippen molar-refractivity contribution in [3.05, 3.63) is 48.6 Å². The zero-order valence-electron chi connectivity index (χ0n) is 35.7. The minimum atomic E-state index is -4.51. The van der Waals surface area contributed by atoms with E-state index in [2.05, 4.69) is 62.5 Å². The smallest absolute Gasteiger partial charge is 0.306 e. The molecule has 0 fully saturated rings. The number of hydrogen-bond acceptors (Lipinski definition) is 7. The van der Waals surface area contributed by atoms with E-state index in [1.165, 1.54) is 96.3 Å². The summed E-state index contributed by atoms with van der Waals surface area (Å²) in [6.45, 7) is 5.26. The largest absolute Gasteiger partial charge is 0.756 e. The van der Waals surface area contributed by atoms with E-state index in [1.807, 2.05) is 21.1 Å². The Morgan fingerprint density at radius 1 is 0.593 bits per heavy atom. The molecule has 0 spiro atoms. The molecule has 0 aliphatic heterocycles. The average Bonchev–Trinajstić information content (AvgIpc) is 3.12. The second-order valence-corrected chi connectivity index (χ2v) is 17.1. The molecule has 0 heterocycles. The molecular formula is C45H84NO7P. The number of rotatable bonds is 40. The summed E-state index contributed by atoms with van der Waals surface area (Å²) in [4.78, 5) is 24.9. The second kappa shape index (κ2) is 38.3. The van der Waals surface area contributed by atoms with Gasteiger partial charge in [0.05, 0.1) is 34.4 Å². The van der Waals surface area contributed by atoms with Gasteiger partial charge in [-0.05, 0) is 51.4 Å². The Labute approximate surface area is 333 Å². The van der Waals surface area contributed by atoms with E-state index in [9.17, 15) is 14.3 Å². The van der Waals surface area contributed by atoms with Gasteiger partial charge in [0.15, 0.2) is 0 Å². The van der Waals surface area contributed by atoms with Crippen LogP contribution in [-0.4, -0.2) is 70.7 Å². The number of allylic oxidation sites excluding steroid dienone is 8. The van der Waals surface area contributed by atoms with Gasteiger partial charge in [0.2, 0.25) is 0 Å². The lowest BCUT2D eigenvalue weighted by Crippen LogP contribution is -2.37. The Morgan fingerprint density at radius 2 is 1.07 bits per heavy atom. The van der Waals surface area contributed by atoms with Gasteiger partial charge in [0.1, 0.15) is 19.3 Å². The fourth-order valence-corrected chi connectivity index (χ4v) is 6.50. The van der Waals surface area contributed by atoms with Crippen LogP contribution >= 0.6 is 7.82 Å². The number of carbonyl (C=O) groups excluding carboxylic acids is 1. The summed E-state index contributed by atoms with van der Waals surface area (Å²) >= 11 is 0. The first-order chi connectivity index (χ1) is 26.1. The third-order valence-electron chi connectivity index (χ3n) is 9.14. The molecular weight excluding hydrogens is 697 g/mol. The van der Waals surface area contributed by atoms with Gasteiger partial charge in [-0.15, -0.1) is 0 Å². The first kappa shape index (κ1) is 52.5. The van der Waals surface area contributed by atoms with Crippen molar-refractivity contribution < 1.29 is 37.3 Å². The molecule has 0 aliphatic carbocycles. The Morgan fingerprint density at radius 3 is 1.61 bits per heavy atom. The molecule has 0 saturated heterocycles. The Kier molecular flexibility index (Phi) is 37.2. The quantitative estimate of drug-likeness (QED) is 0.0201. The summed E-state index contributed by atoms with van der Waals surface area (Å²) in [6.07, 6.45) is 45.7. The number of unbranched alkanes of at least 4 members (excludes halogenated alkanes) is 18. The molecule has 0 aromatic rings. The van der Waals surface area contributed by atoms with Crippen LogP contribution in [0.1, 0.15) is 174 Å². The standard InChI is InChI=1S/C45H84NO7P/c1-6-8-10-12-14-15-16-17-18-19-20-21-22-23-24-25-26-27-28-29-30-31-32-34-36-38-45(47)53-44(42-50-40-37-35-33-13-11-9-7-2)43-52-54(48,49)51-41-39-46(3,4)5/h8,10,14-15,17-18,20-21,44H,6-7,9,11-13,16,19,22-43H2,1-5H3/b10-8-,15-14-,18-17-,21-20-. The lowest BCUT2D eigenvalue weighted by atomic mass is 10.0. The summed E-state index contributed by atoms with van der Waals surface area (Å²) in [5.41, 5.74) is 0. The van der Waals surface area contributed by atoms with E-state index in [0.29, 0.717) is 24.1 Å². The van der Waals surface area contributed by atoms with Crippen LogP contribution in [0.5, 0.6) is 0 Å². The number of phosphoric ester groups is 1. The molecule has 0 aromatic heterocycles. The van der Waals surface area contributed by atoms with Crippen molar-refractivity contribution in [1.82, 2.24) is 0 Å². The van der Waals surface area contributed by atoms with Crippen molar-refractivity contribution in [2.75, 3.05) is 54.1 Å². The number of phosphoric acid groups is 1. The van der Waals surface area contributed by atoms with Gasteiger partial charge in [-0.2, -0.15) is 0 Å². The van der Waals surface area contributed by atoms with Crippen molar-refractivity contribution >= 4 is 13.8 Å². The maximum Gasteiger partial charge on any atom is 0.306 e. The lowest BCUT2D eigenvalue weighted by Gasteiger charge is -2.28. The number of carbonyl (C=O) groups is 1. The molecule has 2 atom stereocenters. The normalized spacial score (nSPS) is 14.3. The van der Waals surface area contributed by atoms with Crippen LogP contribution in [0.15, 0.2) is 48.6 Å². The number of quaternary nitrogens is 1. The fourth-order valence-electron chi connectivity index (χ4n) is 5.77. The van der Waals surface area contributed by atoms with Crippen molar-refractivity contribution in [2.45, 2.75) is 180 Å². The van der Waals surface area contributed by atoms with Crippen LogP contribution in [0.25, 0.3) is 0 Å². The molecule has 316 valence electrons. The van der Waals surface area contributed by atoms with Crippen LogP contribution in [0, 0.1) is 0 Å². The number of nitrogens with zero attached hydrogens (tertiary/aromatic N) is 1. The van der Waals surface area contributed by atoms with Crippen molar-refractivity contribution in [3.8, 4) is 0 Å². The SMILES string of the molecule is CC/C=C\C/C=C\C/C=C\C/C=C\CCCCCCCCCCCCCCC(=O)OC(COCCCCCCCCC)COP(=O)([O-])OCC[N+](C)(C)C. The molecule has 0 bridgehead atoms. The highest BCUT2D eigenvalue weighted by Gasteiger charge is 2.20. The molecule has 0 N–H and O–H groups in total. The van der Waals surface area contributed by atoms with Gasteiger partial charge >= 0.3 is 5.97 Å². The Hall–Kier alpha value is -1.54. The van der Waals surface area contributed by atoms with Gasteiger partial charge in [-0.3, -0.25) is 9.36 Å². The van der Waals surface area contributed by atoms with Crippen LogP contribution < -0.4 is 4.89 Å². The van der Waals surface area contributed by atoms with E-state index in [-0.39, 0.29) is 25.8 Å². The van der Waals surface area contributed by atoms with Crippen LogP contribution in [-0.2, 0) is 27.9 Å². The molecule has 0 radical (unpaired) electrons. The molecule has 0 rings (SSSR count). The van der Waals surface area contributed by atoms with Crippen molar-refractivity contribution in [3.63, 3.8) is 0 Å². The second-order valence-electron chi connectivity index (χ2n) is 15.7. The van der Waals surface area contributed by atoms with Crippen molar-refractivity contribution in [2.24, 2.45) is 0 Å². The maximum absolute atomic E-state index is 12.6. The predicted octanol–water partition coefficient (Wildman–Crippen LogP) is 12.1. The van der Waals surface area contributed by atoms with E-state index in [1.54, 1.807) is 0 Å². The molecule has 9 heteroatoms. The molecule has 2 unspecified atom stereocenters. The highest BCUT2D eigenvalue weighted by molar-refractivity contribution is 7.45. The fraction of sp³-hybridized carbons (Fsp3) is 0.800. The average molecular weight is 782 g/mol. The zero-order chi connectivity index (χ0) is 39.9. The van der Waals surface area contributed by atoms with Crippen LogP contribution in [0.2, 0.25) is 0 Å². The lowest BCUT2D eigenvalue weighted by molar-refractivity contribution is -0.870. The minimum Gasteiger partial charge on any atom is -0.756 e. The van der Waals surface area contributed by atoms with Crippen LogP contribution in [0.3, 0.4) is 0 Å². The summed E-state index contributed by atoms with van der Waals surface area (Å²) in [5, 5.41) is 0. The van der Waals surface area contributed by atoms with Gasteiger partial charge in [-0.25, -0.2) is 0 Å². The van der Waals surface area contributed by atoms with E-state index >= 15 is 0 Å². The maximum atomic E-state index is 12.6. The van der Waals surface area contributed by atoms with E-state index in [0.717, 1.165) is 57.8 Å². The topological polar surface area (TPSA) is 94.1 Å². The summed E-state index contributed by atoms with van der Waals surface area (Å²) in [7, 11) is 1.35. The monoisotopic (exact) mass is 782 g/mol. The Bertz CT molecular complexity index is 1000. The van der Waals surface area contributed by atoms with Gasteiger partial charge in [0, 0.05) is 13.0 Å². The molecule has 0 aliphatic rings. The molecule has 8 nitrogen and oxygen atoms in total. The highest BCUT2D eigenvalue weighted by Crippen LogP contribution is 2.38. The third-order valence-corrected chi connectivity index (χ3v) is 10.1. The van der Waals surface area contributed by atoms with Crippen molar-refractivity contribution in [1.29, 1.82) is 0 Å². The first-order valence-electron chi connectivity index (χ1n) is 21.9. The predicted molar refractivity (Wildman–Crippen MR) is 226 cm³/mol. The van der Waals surface area contributed by atoms with Gasteiger partial charge < -0.3 is 27.9 Å². The number of hydrogen-bond donors (Lipinski definition) is 0. The van der Waals surface area contributed by atoms with E-state index in [4.69, 9.17) is 18.5 Å². The molecule has 0 saturated carbocycles. The number of ether oxygens (including phenoxy) is 2. The van der Waals surface area contributed by atoms with Gasteiger partial charge in [-0.1, -0.05) is 165 Å². The minimum absolute atomic E-state index is 0.0255. The summed E-state index contributed by atoms with van der Waals surface area (Å²) in [5.74, 6) is -0.340. The molecule has 54 heavy (non-hydrogen) atoms. The number of likely N-dealkylation sites (N-methyl/N-ethyl adjacent to an activating group) is 1. The molecule has 0 aromatic carbocycles. The van der Waals surface area contributed by atoms with Crippen LogP contribution in [0.4, 0.5) is 0 Å². The van der Waals surface area contributed by atoms with Gasteiger partial charge in [0.25, 0.3) is 7.82 Å². The highest BCUT2D eigenvalue weighted by atomic mass is 31.2.